The number of nitrogens with one attached hydrogen (secondary N) is 1. The molecule has 4 rings (SSSR count). The van der Waals surface area contributed by atoms with Gasteiger partial charge in [0.25, 0.3) is 11.5 Å². The molecule has 3 heterocycles. The molecule has 1 saturated heterocycles. The highest BCUT2D eigenvalue weighted by Gasteiger charge is 2.17. The van der Waals surface area contributed by atoms with Crippen molar-refractivity contribution in [3.8, 4) is 0 Å². The Hall–Kier alpha value is -2.77. The van der Waals surface area contributed by atoms with Gasteiger partial charge >= 0.3 is 0 Å². The van der Waals surface area contributed by atoms with Crippen molar-refractivity contribution in [2.24, 2.45) is 5.92 Å². The zero-order valence-corrected chi connectivity index (χ0v) is 16.6. The number of amides is 1. The van der Waals surface area contributed by atoms with Gasteiger partial charge in [-0.1, -0.05) is 23.7 Å². The number of rotatable bonds is 5. The lowest BCUT2D eigenvalue weighted by Gasteiger charge is -2.21. The Morgan fingerprint density at radius 1 is 1.14 bits per heavy atom. The van der Waals surface area contributed by atoms with Crippen LogP contribution in [0, 0.1) is 5.92 Å². The molecule has 0 saturated carbocycles. The summed E-state index contributed by atoms with van der Waals surface area (Å²) in [7, 11) is 0. The van der Waals surface area contributed by atoms with E-state index in [0.29, 0.717) is 17.5 Å². The van der Waals surface area contributed by atoms with E-state index in [0.717, 1.165) is 43.6 Å². The molecule has 2 aromatic heterocycles. The molecule has 1 aromatic carbocycles. The van der Waals surface area contributed by atoms with Gasteiger partial charge in [-0.2, -0.15) is 0 Å². The van der Waals surface area contributed by atoms with Crippen LogP contribution >= 0.6 is 11.6 Å². The van der Waals surface area contributed by atoms with Crippen molar-refractivity contribution in [2.45, 2.75) is 25.8 Å². The smallest absolute Gasteiger partial charge is 0.271 e. The molecule has 0 bridgehead atoms. The van der Waals surface area contributed by atoms with Crippen molar-refractivity contribution < 1.29 is 9.53 Å². The molecule has 7 nitrogen and oxygen atoms in total. The third-order valence-electron chi connectivity index (χ3n) is 5.09. The number of carbonyl (C=O) groups is 1. The van der Waals surface area contributed by atoms with Gasteiger partial charge in [-0.05, 0) is 48.4 Å². The Morgan fingerprint density at radius 3 is 2.62 bits per heavy atom. The molecule has 0 unspecified atom stereocenters. The molecule has 1 amide bonds. The normalized spacial score (nSPS) is 14.8. The summed E-state index contributed by atoms with van der Waals surface area (Å²) in [6.07, 6.45) is 7.59. The van der Waals surface area contributed by atoms with E-state index in [2.05, 4.69) is 15.3 Å². The quantitative estimate of drug-likeness (QED) is 0.696. The lowest BCUT2D eigenvalue weighted by Crippen LogP contribution is -2.31. The number of nitrogens with zero attached hydrogens (tertiary/aromatic N) is 3. The van der Waals surface area contributed by atoms with Crippen molar-refractivity contribution in [3.63, 3.8) is 0 Å². The molecule has 0 spiro atoms. The Bertz CT molecular complexity index is 1080. The number of hydrogen-bond donors (Lipinski definition) is 1. The summed E-state index contributed by atoms with van der Waals surface area (Å²) in [6.45, 7) is 1.83. The molecule has 1 aliphatic rings. The first-order chi connectivity index (χ1) is 14.1. The van der Waals surface area contributed by atoms with Crippen molar-refractivity contribution in [2.75, 3.05) is 13.2 Å². The Morgan fingerprint density at radius 2 is 1.86 bits per heavy atom. The average molecular weight is 413 g/mol. The van der Waals surface area contributed by atoms with Crippen LogP contribution in [0.4, 0.5) is 0 Å². The molecule has 3 aromatic rings. The number of fused-ring (bicyclic) bond motifs is 1. The van der Waals surface area contributed by atoms with E-state index in [1.165, 1.54) is 10.6 Å². The second-order valence-electron chi connectivity index (χ2n) is 7.18. The van der Waals surface area contributed by atoms with E-state index in [1.54, 1.807) is 24.5 Å². The first-order valence-electron chi connectivity index (χ1n) is 9.57. The highest BCUT2D eigenvalue weighted by atomic mass is 35.5. The Balaban J connectivity index is 1.52. The molecule has 1 aliphatic heterocycles. The third kappa shape index (κ3) is 4.63. The van der Waals surface area contributed by atoms with Crippen LogP contribution in [0.1, 0.15) is 34.3 Å². The predicted octanol–water partition coefficient (Wildman–Crippen LogP) is 2.64. The van der Waals surface area contributed by atoms with Gasteiger partial charge in [-0.3, -0.25) is 14.0 Å². The SMILES string of the molecule is O=C(NCc1ccc(Cl)cc1)c1cnc2ncc(CC3CCOCC3)cn2c1=O. The highest BCUT2D eigenvalue weighted by molar-refractivity contribution is 6.30. The molecule has 0 atom stereocenters. The molecule has 8 heteroatoms. The molecule has 150 valence electrons. The molecule has 1 N–H and O–H groups in total. The fraction of sp³-hybridized carbons (Fsp3) is 0.333. The summed E-state index contributed by atoms with van der Waals surface area (Å²) in [5, 5.41) is 3.38. The Labute approximate surface area is 172 Å². The number of ether oxygens (including phenoxy) is 1. The van der Waals surface area contributed by atoms with Crippen LogP contribution in [0.25, 0.3) is 5.78 Å². The zero-order chi connectivity index (χ0) is 20.2. The van der Waals surface area contributed by atoms with Crippen LogP contribution in [0.15, 0.2) is 47.7 Å². The predicted molar refractivity (Wildman–Crippen MR) is 109 cm³/mol. The summed E-state index contributed by atoms with van der Waals surface area (Å²) in [5.41, 5.74) is 1.40. The second-order valence-corrected chi connectivity index (χ2v) is 7.61. The van der Waals surface area contributed by atoms with E-state index in [9.17, 15) is 9.59 Å². The van der Waals surface area contributed by atoms with E-state index in [4.69, 9.17) is 16.3 Å². The van der Waals surface area contributed by atoms with Gasteiger partial charge in [0.2, 0.25) is 5.78 Å². The van der Waals surface area contributed by atoms with Gasteiger partial charge in [0.05, 0.1) is 0 Å². The molecule has 0 aliphatic carbocycles. The average Bonchev–Trinajstić information content (AvgIpc) is 2.74. The minimum atomic E-state index is -0.471. The standard InChI is InChI=1S/C21H21ClN4O3/c22-17-3-1-15(2-4-17)10-23-19(27)18-12-25-21-24-11-16(13-26(21)20(18)28)9-14-5-7-29-8-6-14/h1-4,11-14H,5-10H2,(H,23,27). The highest BCUT2D eigenvalue weighted by Crippen LogP contribution is 2.19. The largest absolute Gasteiger partial charge is 0.381 e. The van der Waals surface area contributed by atoms with Crippen molar-refractivity contribution in [1.29, 1.82) is 0 Å². The lowest BCUT2D eigenvalue weighted by atomic mass is 9.94. The molecule has 1 fully saturated rings. The van der Waals surface area contributed by atoms with Crippen LogP contribution in [0.3, 0.4) is 0 Å². The monoisotopic (exact) mass is 412 g/mol. The van der Waals surface area contributed by atoms with Gasteiger partial charge in [-0.15, -0.1) is 0 Å². The van der Waals surface area contributed by atoms with Crippen molar-refractivity contribution in [1.82, 2.24) is 19.7 Å². The number of halogens is 1. The summed E-state index contributed by atoms with van der Waals surface area (Å²) in [4.78, 5) is 33.8. The minimum absolute atomic E-state index is 0.0125. The van der Waals surface area contributed by atoms with Crippen molar-refractivity contribution >= 4 is 23.3 Å². The lowest BCUT2D eigenvalue weighted by molar-refractivity contribution is 0.0665. The number of benzene rings is 1. The topological polar surface area (TPSA) is 85.6 Å². The van der Waals surface area contributed by atoms with Gasteiger partial charge in [0, 0.05) is 43.4 Å². The number of carbonyl (C=O) groups excluding carboxylic acids is 1. The van der Waals surface area contributed by atoms with Gasteiger partial charge in [0.15, 0.2) is 0 Å². The Kier molecular flexibility index (Phi) is 5.87. The molecule has 29 heavy (non-hydrogen) atoms. The summed E-state index contributed by atoms with van der Waals surface area (Å²) in [5.74, 6) is 0.319. The summed E-state index contributed by atoms with van der Waals surface area (Å²) >= 11 is 5.87. The van der Waals surface area contributed by atoms with Crippen molar-refractivity contribution in [3.05, 3.63) is 74.9 Å². The van der Waals surface area contributed by atoms with Crippen LogP contribution < -0.4 is 10.9 Å². The van der Waals surface area contributed by atoms with E-state index in [1.807, 2.05) is 12.1 Å². The molecular weight excluding hydrogens is 392 g/mol. The fourth-order valence-electron chi connectivity index (χ4n) is 3.44. The van der Waals surface area contributed by atoms with Crippen LogP contribution in [0.5, 0.6) is 0 Å². The maximum atomic E-state index is 12.9. The van der Waals surface area contributed by atoms with E-state index < -0.39 is 11.5 Å². The maximum Gasteiger partial charge on any atom is 0.271 e. The fourth-order valence-corrected chi connectivity index (χ4v) is 3.56. The van der Waals surface area contributed by atoms with Gasteiger partial charge < -0.3 is 10.1 Å². The maximum absolute atomic E-state index is 12.9. The van der Waals surface area contributed by atoms with E-state index in [-0.39, 0.29) is 11.3 Å². The van der Waals surface area contributed by atoms with Gasteiger partial charge in [0.1, 0.15) is 5.56 Å². The van der Waals surface area contributed by atoms with Gasteiger partial charge in [-0.25, -0.2) is 9.97 Å². The van der Waals surface area contributed by atoms with E-state index >= 15 is 0 Å². The van der Waals surface area contributed by atoms with Crippen LogP contribution in [0.2, 0.25) is 5.02 Å². The second kappa shape index (κ2) is 8.71. The molecule has 0 radical (unpaired) electrons. The first kappa shape index (κ1) is 19.5. The zero-order valence-electron chi connectivity index (χ0n) is 15.8. The minimum Gasteiger partial charge on any atom is -0.381 e. The third-order valence-corrected chi connectivity index (χ3v) is 5.34. The van der Waals surface area contributed by atoms with Crippen LogP contribution in [-0.4, -0.2) is 33.5 Å². The van der Waals surface area contributed by atoms with Crippen LogP contribution in [-0.2, 0) is 17.7 Å². The number of aromatic nitrogens is 3. The first-order valence-corrected chi connectivity index (χ1v) is 9.94. The number of hydrogen-bond acceptors (Lipinski definition) is 5. The summed E-state index contributed by atoms with van der Waals surface area (Å²) in [6, 6.07) is 7.14. The molecular formula is C21H21ClN4O3. The summed E-state index contributed by atoms with van der Waals surface area (Å²) < 4.78 is 6.75.